The lowest BCUT2D eigenvalue weighted by Gasteiger charge is -2.28. The molecule has 1 atom stereocenters. The Kier molecular flexibility index (Phi) is 8.98. The van der Waals surface area contributed by atoms with Crippen LogP contribution < -0.4 is 5.32 Å². The third-order valence-electron chi connectivity index (χ3n) is 4.11. The number of nitrogens with zero attached hydrogens (tertiary/aromatic N) is 1. The summed E-state index contributed by atoms with van der Waals surface area (Å²) < 4.78 is 0. The summed E-state index contributed by atoms with van der Waals surface area (Å²) in [6.45, 7) is 9.20. The van der Waals surface area contributed by atoms with Crippen molar-refractivity contribution in [3.8, 4) is 0 Å². The lowest BCUT2D eigenvalue weighted by molar-refractivity contribution is 0.206. The van der Waals surface area contributed by atoms with Crippen LogP contribution in [0.1, 0.15) is 58.1 Å². The lowest BCUT2D eigenvalue weighted by atomic mass is 10.0. The van der Waals surface area contributed by atoms with Crippen LogP contribution in [0.5, 0.6) is 0 Å². The molecule has 0 radical (unpaired) electrons. The van der Waals surface area contributed by atoms with E-state index >= 15 is 0 Å². The van der Waals surface area contributed by atoms with Crippen LogP contribution in [0.2, 0.25) is 5.02 Å². The van der Waals surface area contributed by atoms with Gasteiger partial charge in [-0.25, -0.2) is 0 Å². The van der Waals surface area contributed by atoms with Gasteiger partial charge in [0.1, 0.15) is 0 Å². The second-order valence-corrected chi connectivity index (χ2v) is 6.45. The molecule has 1 unspecified atom stereocenters. The molecule has 120 valence electrons. The van der Waals surface area contributed by atoms with Crippen molar-refractivity contribution in [1.82, 2.24) is 10.2 Å². The summed E-state index contributed by atoms with van der Waals surface area (Å²) in [7, 11) is 2.04. The fourth-order valence-corrected chi connectivity index (χ4v) is 2.79. The molecule has 0 fully saturated rings. The van der Waals surface area contributed by atoms with Crippen molar-refractivity contribution >= 4 is 11.6 Å². The molecule has 1 N–H and O–H groups in total. The molecule has 1 aromatic rings. The van der Waals surface area contributed by atoms with Crippen molar-refractivity contribution < 1.29 is 0 Å². The zero-order valence-corrected chi connectivity index (χ0v) is 14.8. The normalized spacial score (nSPS) is 13.1. The predicted octanol–water partition coefficient (Wildman–Crippen LogP) is 4.89. The molecule has 0 saturated heterocycles. The molecular formula is C18H31ClN2. The van der Waals surface area contributed by atoms with Crippen molar-refractivity contribution in [3.05, 3.63) is 34.9 Å². The minimum absolute atomic E-state index is 0.398. The summed E-state index contributed by atoms with van der Waals surface area (Å²) in [6.07, 6.45) is 5.05. The Hall–Kier alpha value is -0.570. The van der Waals surface area contributed by atoms with Crippen molar-refractivity contribution in [2.45, 2.75) is 58.5 Å². The maximum absolute atomic E-state index is 5.97. The van der Waals surface area contributed by atoms with Gasteiger partial charge in [0.15, 0.2) is 0 Å². The van der Waals surface area contributed by atoms with Crippen molar-refractivity contribution in [2.75, 3.05) is 20.1 Å². The largest absolute Gasteiger partial charge is 0.313 e. The lowest BCUT2D eigenvalue weighted by Crippen LogP contribution is -2.34. The average molecular weight is 311 g/mol. The van der Waals surface area contributed by atoms with Crippen LogP contribution in [0.3, 0.4) is 0 Å². The molecular weight excluding hydrogens is 280 g/mol. The first-order chi connectivity index (χ1) is 10.1. The van der Waals surface area contributed by atoms with E-state index in [2.05, 4.69) is 43.1 Å². The van der Waals surface area contributed by atoms with Crippen LogP contribution >= 0.6 is 11.6 Å². The van der Waals surface area contributed by atoms with E-state index in [9.17, 15) is 0 Å². The van der Waals surface area contributed by atoms with Crippen molar-refractivity contribution in [1.29, 1.82) is 0 Å². The Morgan fingerprint density at radius 1 is 1.10 bits per heavy atom. The van der Waals surface area contributed by atoms with Crippen molar-refractivity contribution in [3.63, 3.8) is 0 Å². The molecule has 0 saturated carbocycles. The predicted molar refractivity (Wildman–Crippen MR) is 94.1 cm³/mol. The average Bonchev–Trinajstić information content (AvgIpc) is 2.47. The molecule has 0 amide bonds. The monoisotopic (exact) mass is 310 g/mol. The van der Waals surface area contributed by atoms with E-state index in [0.717, 1.165) is 18.0 Å². The maximum atomic E-state index is 5.97. The van der Waals surface area contributed by atoms with Crippen LogP contribution in [-0.4, -0.2) is 31.1 Å². The molecule has 0 bridgehead atoms. The Morgan fingerprint density at radius 2 is 1.76 bits per heavy atom. The fraction of sp³-hybridized carbons (Fsp3) is 0.667. The number of rotatable bonds is 10. The Balaban J connectivity index is 2.53. The Bertz CT molecular complexity index is 375. The van der Waals surface area contributed by atoms with Gasteiger partial charge in [-0.15, -0.1) is 0 Å². The van der Waals surface area contributed by atoms with Gasteiger partial charge in [-0.1, -0.05) is 43.5 Å². The molecule has 1 aromatic carbocycles. The maximum Gasteiger partial charge on any atom is 0.0406 e. The second kappa shape index (κ2) is 10.2. The summed E-state index contributed by atoms with van der Waals surface area (Å²) in [5, 5.41) is 4.23. The van der Waals surface area contributed by atoms with Crippen LogP contribution in [0.15, 0.2) is 24.3 Å². The SMILES string of the molecule is CCCCCN(CCC(NC)c1ccc(Cl)cc1)C(C)C. The van der Waals surface area contributed by atoms with E-state index in [0.29, 0.717) is 12.1 Å². The highest BCUT2D eigenvalue weighted by Crippen LogP contribution is 2.20. The zero-order chi connectivity index (χ0) is 15.7. The number of hydrogen-bond acceptors (Lipinski definition) is 2. The smallest absolute Gasteiger partial charge is 0.0406 e. The van der Waals surface area contributed by atoms with Gasteiger partial charge in [0.2, 0.25) is 0 Å². The molecule has 0 heterocycles. The highest BCUT2D eigenvalue weighted by atomic mass is 35.5. The molecule has 1 rings (SSSR count). The summed E-state index contributed by atoms with van der Waals surface area (Å²) >= 11 is 5.97. The number of benzene rings is 1. The summed E-state index contributed by atoms with van der Waals surface area (Å²) in [5.41, 5.74) is 1.32. The fourth-order valence-electron chi connectivity index (χ4n) is 2.66. The number of unbranched alkanes of at least 4 members (excludes halogenated alkanes) is 2. The Labute approximate surface area is 135 Å². The molecule has 21 heavy (non-hydrogen) atoms. The zero-order valence-electron chi connectivity index (χ0n) is 14.0. The van der Waals surface area contributed by atoms with Crippen LogP contribution in [0, 0.1) is 0 Å². The topological polar surface area (TPSA) is 15.3 Å². The van der Waals surface area contributed by atoms with Gasteiger partial charge in [0.05, 0.1) is 0 Å². The minimum Gasteiger partial charge on any atom is -0.313 e. The Morgan fingerprint density at radius 3 is 2.29 bits per heavy atom. The van der Waals surface area contributed by atoms with Gasteiger partial charge in [-0.05, 0) is 58.0 Å². The van der Waals surface area contributed by atoms with Gasteiger partial charge in [0, 0.05) is 23.7 Å². The molecule has 3 heteroatoms. The van der Waals surface area contributed by atoms with Crippen LogP contribution in [0.25, 0.3) is 0 Å². The van der Waals surface area contributed by atoms with Crippen molar-refractivity contribution in [2.24, 2.45) is 0 Å². The van der Waals surface area contributed by atoms with Gasteiger partial charge in [-0.3, -0.25) is 0 Å². The summed E-state index contributed by atoms with van der Waals surface area (Å²) in [6, 6.07) is 9.21. The van der Waals surface area contributed by atoms with E-state index in [4.69, 9.17) is 11.6 Å². The number of halogens is 1. The van der Waals surface area contributed by atoms with E-state index in [1.165, 1.54) is 31.4 Å². The van der Waals surface area contributed by atoms with Crippen LogP contribution in [-0.2, 0) is 0 Å². The molecule has 0 aliphatic carbocycles. The van der Waals surface area contributed by atoms with Gasteiger partial charge < -0.3 is 10.2 Å². The summed E-state index contributed by atoms with van der Waals surface area (Å²) in [4.78, 5) is 2.59. The number of hydrogen-bond donors (Lipinski definition) is 1. The molecule has 0 aliphatic heterocycles. The molecule has 0 aromatic heterocycles. The third kappa shape index (κ3) is 6.82. The van der Waals surface area contributed by atoms with Gasteiger partial charge in [-0.2, -0.15) is 0 Å². The van der Waals surface area contributed by atoms with Gasteiger partial charge >= 0.3 is 0 Å². The van der Waals surface area contributed by atoms with E-state index in [1.54, 1.807) is 0 Å². The molecule has 2 nitrogen and oxygen atoms in total. The van der Waals surface area contributed by atoms with Crippen LogP contribution in [0.4, 0.5) is 0 Å². The van der Waals surface area contributed by atoms with E-state index < -0.39 is 0 Å². The second-order valence-electron chi connectivity index (χ2n) is 6.02. The minimum atomic E-state index is 0.398. The first-order valence-electron chi connectivity index (χ1n) is 8.25. The quantitative estimate of drug-likeness (QED) is 0.619. The van der Waals surface area contributed by atoms with E-state index in [1.807, 2.05) is 19.2 Å². The molecule has 0 aliphatic rings. The number of nitrogens with one attached hydrogen (secondary N) is 1. The first kappa shape index (κ1) is 18.5. The first-order valence-corrected chi connectivity index (χ1v) is 8.63. The third-order valence-corrected chi connectivity index (χ3v) is 4.36. The molecule has 0 spiro atoms. The van der Waals surface area contributed by atoms with E-state index in [-0.39, 0.29) is 0 Å². The summed E-state index contributed by atoms with van der Waals surface area (Å²) in [5.74, 6) is 0. The standard InChI is InChI=1S/C18H31ClN2/c1-5-6-7-13-21(15(2)3)14-12-18(20-4)16-8-10-17(19)11-9-16/h8-11,15,18,20H,5-7,12-14H2,1-4H3. The highest BCUT2D eigenvalue weighted by Gasteiger charge is 2.14. The highest BCUT2D eigenvalue weighted by molar-refractivity contribution is 6.30. The van der Waals surface area contributed by atoms with Gasteiger partial charge in [0.25, 0.3) is 0 Å².